The molecule has 0 N–H and O–H groups in total. The third-order valence-corrected chi connectivity index (χ3v) is 3.82. The molecule has 0 amide bonds. The fraction of sp³-hybridized carbons (Fsp3) is 0.150. The number of halogens is 1. The summed E-state index contributed by atoms with van der Waals surface area (Å²) in [5.74, 6) is 5.84. The molecule has 0 saturated heterocycles. The third-order valence-electron chi connectivity index (χ3n) is 3.82. The Hall–Kier alpha value is -3.04. The van der Waals surface area contributed by atoms with Crippen LogP contribution in [0.4, 0.5) is 4.39 Å². The third kappa shape index (κ3) is 2.70. The van der Waals surface area contributed by atoms with Crippen molar-refractivity contribution in [1.29, 1.82) is 5.26 Å². The van der Waals surface area contributed by atoms with Gasteiger partial charge in [-0.1, -0.05) is 18.1 Å². The van der Waals surface area contributed by atoms with Crippen LogP contribution in [0.15, 0.2) is 42.5 Å². The summed E-state index contributed by atoms with van der Waals surface area (Å²) in [4.78, 5) is 0. The van der Waals surface area contributed by atoms with Crippen molar-refractivity contribution in [2.75, 3.05) is 0 Å². The first kappa shape index (κ1) is 14.9. The van der Waals surface area contributed by atoms with E-state index in [2.05, 4.69) is 28.5 Å². The minimum absolute atomic E-state index is 0.286. The van der Waals surface area contributed by atoms with E-state index in [0.29, 0.717) is 11.3 Å². The molecule has 23 heavy (non-hydrogen) atoms. The van der Waals surface area contributed by atoms with Crippen molar-refractivity contribution in [2.24, 2.45) is 0 Å². The summed E-state index contributed by atoms with van der Waals surface area (Å²) in [5.41, 5.74) is 4.19. The van der Waals surface area contributed by atoms with E-state index in [1.165, 1.54) is 12.1 Å². The average Bonchev–Trinajstić information content (AvgIpc) is 2.86. The van der Waals surface area contributed by atoms with Crippen molar-refractivity contribution in [1.82, 2.24) is 4.57 Å². The summed E-state index contributed by atoms with van der Waals surface area (Å²) in [6, 6.07) is 14.4. The Morgan fingerprint density at radius 3 is 2.48 bits per heavy atom. The SMILES string of the molecule is CCn1c(C#Cc2ccc(F)cc2)c(C#N)c2ccc(C)cc21. The van der Waals surface area contributed by atoms with Crippen LogP contribution >= 0.6 is 0 Å². The van der Waals surface area contributed by atoms with Crippen LogP contribution in [0.3, 0.4) is 0 Å². The first-order chi connectivity index (χ1) is 11.1. The zero-order valence-corrected chi connectivity index (χ0v) is 13.0. The van der Waals surface area contributed by atoms with Gasteiger partial charge in [0.1, 0.15) is 17.6 Å². The second-order valence-corrected chi connectivity index (χ2v) is 5.36. The quantitative estimate of drug-likeness (QED) is 0.613. The highest BCUT2D eigenvalue weighted by Crippen LogP contribution is 2.26. The molecule has 0 spiro atoms. The molecule has 2 nitrogen and oxygen atoms in total. The molecule has 112 valence electrons. The van der Waals surface area contributed by atoms with E-state index in [9.17, 15) is 9.65 Å². The molecular weight excluding hydrogens is 287 g/mol. The second-order valence-electron chi connectivity index (χ2n) is 5.36. The van der Waals surface area contributed by atoms with E-state index in [1.807, 2.05) is 26.0 Å². The van der Waals surface area contributed by atoms with Crippen molar-refractivity contribution in [3.05, 3.63) is 70.7 Å². The van der Waals surface area contributed by atoms with E-state index in [4.69, 9.17) is 0 Å². The van der Waals surface area contributed by atoms with Gasteiger partial charge in [-0.05, 0) is 55.7 Å². The van der Waals surface area contributed by atoms with Crippen molar-refractivity contribution in [3.63, 3.8) is 0 Å². The van der Waals surface area contributed by atoms with Gasteiger partial charge in [0.15, 0.2) is 0 Å². The lowest BCUT2D eigenvalue weighted by molar-refractivity contribution is 0.627. The summed E-state index contributed by atoms with van der Waals surface area (Å²) in [5, 5.41) is 10.5. The molecule has 0 unspecified atom stereocenters. The van der Waals surface area contributed by atoms with Crippen molar-refractivity contribution < 1.29 is 4.39 Å². The normalized spacial score (nSPS) is 10.2. The number of benzene rings is 2. The van der Waals surface area contributed by atoms with Crippen molar-refractivity contribution >= 4 is 10.9 Å². The molecule has 0 bridgehead atoms. The summed E-state index contributed by atoms with van der Waals surface area (Å²) >= 11 is 0. The zero-order valence-electron chi connectivity index (χ0n) is 13.0. The molecule has 3 heteroatoms. The molecule has 0 aliphatic rings. The number of aromatic nitrogens is 1. The number of nitrogens with zero attached hydrogens (tertiary/aromatic N) is 2. The van der Waals surface area contributed by atoms with Crippen LogP contribution in [0.1, 0.15) is 29.3 Å². The number of fused-ring (bicyclic) bond motifs is 1. The number of hydrogen-bond donors (Lipinski definition) is 0. The van der Waals surface area contributed by atoms with Gasteiger partial charge in [-0.3, -0.25) is 0 Å². The van der Waals surface area contributed by atoms with Crippen LogP contribution in [-0.4, -0.2) is 4.57 Å². The van der Waals surface area contributed by atoms with E-state index in [0.717, 1.165) is 28.6 Å². The maximum absolute atomic E-state index is 13.0. The van der Waals surface area contributed by atoms with Gasteiger partial charge < -0.3 is 4.57 Å². The molecule has 3 aromatic rings. The van der Waals surface area contributed by atoms with E-state index >= 15 is 0 Å². The van der Waals surface area contributed by atoms with E-state index < -0.39 is 0 Å². The Labute approximate surface area is 134 Å². The van der Waals surface area contributed by atoms with Crippen LogP contribution in [0.2, 0.25) is 0 Å². The minimum atomic E-state index is -0.286. The lowest BCUT2D eigenvalue weighted by Gasteiger charge is -2.03. The predicted octanol–water partition coefficient (Wildman–Crippen LogP) is 4.38. The molecule has 0 fully saturated rings. The highest BCUT2D eigenvalue weighted by Gasteiger charge is 2.14. The molecular formula is C20H15FN2. The lowest BCUT2D eigenvalue weighted by atomic mass is 10.1. The lowest BCUT2D eigenvalue weighted by Crippen LogP contribution is -1.98. The highest BCUT2D eigenvalue weighted by molar-refractivity contribution is 5.90. The molecule has 0 aliphatic carbocycles. The Morgan fingerprint density at radius 2 is 1.83 bits per heavy atom. The molecule has 0 aliphatic heterocycles. The number of aryl methyl sites for hydroxylation is 2. The smallest absolute Gasteiger partial charge is 0.123 e. The molecule has 2 aromatic carbocycles. The monoisotopic (exact) mass is 302 g/mol. The Bertz CT molecular complexity index is 977. The van der Waals surface area contributed by atoms with Gasteiger partial charge in [0.05, 0.1) is 11.1 Å². The second kappa shape index (κ2) is 5.99. The average molecular weight is 302 g/mol. The van der Waals surface area contributed by atoms with E-state index in [1.54, 1.807) is 12.1 Å². The molecule has 0 radical (unpaired) electrons. The number of rotatable bonds is 1. The molecule has 3 rings (SSSR count). The van der Waals surface area contributed by atoms with Crippen LogP contribution in [0, 0.1) is 35.9 Å². The van der Waals surface area contributed by atoms with E-state index in [-0.39, 0.29) is 5.82 Å². The largest absolute Gasteiger partial charge is 0.333 e. The first-order valence-electron chi connectivity index (χ1n) is 7.44. The van der Waals surface area contributed by atoms with Gasteiger partial charge in [0, 0.05) is 17.5 Å². The standard InChI is InChI=1S/C20H15FN2/c1-3-23-19(11-7-15-5-8-16(21)9-6-15)18(13-22)17-10-4-14(2)12-20(17)23/h4-6,8-10,12H,3H2,1-2H3. The maximum atomic E-state index is 13.0. The Kier molecular flexibility index (Phi) is 3.87. The van der Waals surface area contributed by atoms with Crippen LogP contribution < -0.4 is 0 Å². The van der Waals surface area contributed by atoms with Gasteiger partial charge in [-0.2, -0.15) is 5.26 Å². The molecule has 1 aromatic heterocycles. The fourth-order valence-corrected chi connectivity index (χ4v) is 2.70. The van der Waals surface area contributed by atoms with Crippen molar-refractivity contribution in [2.45, 2.75) is 20.4 Å². The minimum Gasteiger partial charge on any atom is -0.333 e. The van der Waals surface area contributed by atoms with Gasteiger partial charge in [-0.25, -0.2) is 4.39 Å². The van der Waals surface area contributed by atoms with Gasteiger partial charge in [-0.15, -0.1) is 0 Å². The summed E-state index contributed by atoms with van der Waals surface area (Å²) < 4.78 is 15.0. The molecule has 0 saturated carbocycles. The number of hydrogen-bond acceptors (Lipinski definition) is 1. The topological polar surface area (TPSA) is 28.7 Å². The van der Waals surface area contributed by atoms with Gasteiger partial charge in [0.2, 0.25) is 0 Å². The maximum Gasteiger partial charge on any atom is 0.123 e. The predicted molar refractivity (Wildman–Crippen MR) is 89.4 cm³/mol. The molecule has 0 atom stereocenters. The Morgan fingerprint density at radius 1 is 1.09 bits per heavy atom. The fourth-order valence-electron chi connectivity index (χ4n) is 2.70. The van der Waals surface area contributed by atoms with Crippen LogP contribution in [0.5, 0.6) is 0 Å². The van der Waals surface area contributed by atoms with Gasteiger partial charge >= 0.3 is 0 Å². The summed E-state index contributed by atoms with van der Waals surface area (Å²) in [7, 11) is 0. The summed E-state index contributed by atoms with van der Waals surface area (Å²) in [6.45, 7) is 4.80. The van der Waals surface area contributed by atoms with Crippen molar-refractivity contribution in [3.8, 4) is 17.9 Å². The van der Waals surface area contributed by atoms with Crippen LogP contribution in [-0.2, 0) is 6.54 Å². The highest BCUT2D eigenvalue weighted by atomic mass is 19.1. The van der Waals surface area contributed by atoms with Gasteiger partial charge in [0.25, 0.3) is 0 Å². The zero-order chi connectivity index (χ0) is 16.4. The number of nitriles is 1. The van der Waals surface area contributed by atoms with Crippen LogP contribution in [0.25, 0.3) is 10.9 Å². The Balaban J connectivity index is 2.21. The summed E-state index contributed by atoms with van der Waals surface area (Å²) in [6.07, 6.45) is 0. The first-order valence-corrected chi connectivity index (χ1v) is 7.44. The molecule has 1 heterocycles.